The SMILES string of the molecule is O=C1CC(c2ccncc2)c2c(c(C(=O)O)cn2-c2ccccc2Cl)N1. The highest BCUT2D eigenvalue weighted by Gasteiger charge is 2.34. The summed E-state index contributed by atoms with van der Waals surface area (Å²) < 4.78 is 1.76. The van der Waals surface area contributed by atoms with Crippen LogP contribution in [0.4, 0.5) is 5.69 Å². The van der Waals surface area contributed by atoms with Gasteiger partial charge in [-0.3, -0.25) is 9.78 Å². The summed E-state index contributed by atoms with van der Waals surface area (Å²) in [6.07, 6.45) is 5.03. The molecule has 6 nitrogen and oxygen atoms in total. The Labute approximate surface area is 154 Å². The lowest BCUT2D eigenvalue weighted by molar-refractivity contribution is -0.116. The minimum Gasteiger partial charge on any atom is -0.478 e. The van der Waals surface area contributed by atoms with Gasteiger partial charge in [0.2, 0.25) is 5.91 Å². The van der Waals surface area contributed by atoms with Crippen LogP contribution in [-0.4, -0.2) is 26.5 Å². The Morgan fingerprint density at radius 1 is 1.23 bits per heavy atom. The monoisotopic (exact) mass is 367 g/mol. The maximum absolute atomic E-state index is 12.2. The number of carbonyl (C=O) groups excluding carboxylic acids is 1. The van der Waals surface area contributed by atoms with Crippen LogP contribution in [0.3, 0.4) is 0 Å². The number of carbonyl (C=O) groups is 2. The molecule has 1 atom stereocenters. The summed E-state index contributed by atoms with van der Waals surface area (Å²) in [6.45, 7) is 0. The van der Waals surface area contributed by atoms with Crippen molar-refractivity contribution in [2.45, 2.75) is 12.3 Å². The largest absolute Gasteiger partial charge is 0.478 e. The molecule has 0 bridgehead atoms. The third-order valence-electron chi connectivity index (χ3n) is 4.48. The van der Waals surface area contributed by atoms with E-state index in [2.05, 4.69) is 10.3 Å². The Morgan fingerprint density at radius 3 is 2.65 bits per heavy atom. The third-order valence-corrected chi connectivity index (χ3v) is 4.80. The zero-order chi connectivity index (χ0) is 18.3. The highest BCUT2D eigenvalue weighted by atomic mass is 35.5. The summed E-state index contributed by atoms with van der Waals surface area (Å²) in [5, 5.41) is 12.8. The maximum Gasteiger partial charge on any atom is 0.339 e. The smallest absolute Gasteiger partial charge is 0.339 e. The molecule has 0 radical (unpaired) electrons. The van der Waals surface area contributed by atoms with E-state index in [1.807, 2.05) is 30.3 Å². The topological polar surface area (TPSA) is 84.2 Å². The number of halogens is 1. The van der Waals surface area contributed by atoms with Gasteiger partial charge in [0.25, 0.3) is 0 Å². The number of para-hydroxylation sites is 1. The van der Waals surface area contributed by atoms with Crippen LogP contribution < -0.4 is 5.32 Å². The van der Waals surface area contributed by atoms with Gasteiger partial charge in [-0.1, -0.05) is 23.7 Å². The fraction of sp³-hybridized carbons (Fsp3) is 0.105. The number of hydrogen-bond donors (Lipinski definition) is 2. The molecule has 1 aliphatic rings. The van der Waals surface area contributed by atoms with Crippen molar-refractivity contribution in [1.82, 2.24) is 9.55 Å². The first-order valence-corrected chi connectivity index (χ1v) is 8.37. The molecule has 0 spiro atoms. The minimum atomic E-state index is -1.11. The summed E-state index contributed by atoms with van der Waals surface area (Å²) in [5.41, 5.74) is 2.59. The van der Waals surface area contributed by atoms with Gasteiger partial charge < -0.3 is 15.0 Å². The quantitative estimate of drug-likeness (QED) is 0.739. The van der Waals surface area contributed by atoms with Gasteiger partial charge in [-0.05, 0) is 29.8 Å². The highest BCUT2D eigenvalue weighted by molar-refractivity contribution is 6.32. The molecule has 0 saturated carbocycles. The number of carboxylic acid groups (broad SMARTS) is 1. The zero-order valence-corrected chi connectivity index (χ0v) is 14.3. The first-order chi connectivity index (χ1) is 12.6. The predicted molar refractivity (Wildman–Crippen MR) is 97.1 cm³/mol. The Morgan fingerprint density at radius 2 is 1.96 bits per heavy atom. The average Bonchev–Trinajstić information content (AvgIpc) is 3.01. The molecule has 1 unspecified atom stereocenters. The number of rotatable bonds is 3. The molecule has 2 N–H and O–H groups in total. The second-order valence-electron chi connectivity index (χ2n) is 6.02. The lowest BCUT2D eigenvalue weighted by Crippen LogP contribution is -2.25. The predicted octanol–water partition coefficient (Wildman–Crippen LogP) is 3.70. The van der Waals surface area contributed by atoms with Gasteiger partial charge >= 0.3 is 5.97 Å². The molecule has 3 heterocycles. The van der Waals surface area contributed by atoms with Crippen LogP contribution in [0.25, 0.3) is 5.69 Å². The number of nitrogens with one attached hydrogen (secondary N) is 1. The number of anilines is 1. The van der Waals surface area contributed by atoms with Gasteiger partial charge in [0.15, 0.2) is 0 Å². The number of aromatic nitrogens is 2. The van der Waals surface area contributed by atoms with Gasteiger partial charge in [-0.15, -0.1) is 0 Å². The van der Waals surface area contributed by atoms with E-state index in [-0.39, 0.29) is 23.8 Å². The van der Waals surface area contributed by atoms with Crippen LogP contribution >= 0.6 is 11.6 Å². The fourth-order valence-corrected chi connectivity index (χ4v) is 3.57. The van der Waals surface area contributed by atoms with Crippen LogP contribution in [0.15, 0.2) is 55.0 Å². The molecule has 3 aromatic rings. The first-order valence-electron chi connectivity index (χ1n) is 7.99. The minimum absolute atomic E-state index is 0.0343. The summed E-state index contributed by atoms with van der Waals surface area (Å²) in [6, 6.07) is 10.9. The van der Waals surface area contributed by atoms with Gasteiger partial charge in [0, 0.05) is 30.9 Å². The molecular weight excluding hydrogens is 354 g/mol. The highest BCUT2D eigenvalue weighted by Crippen LogP contribution is 2.42. The Kier molecular flexibility index (Phi) is 3.97. The molecule has 1 amide bonds. The summed E-state index contributed by atoms with van der Waals surface area (Å²) in [7, 11) is 0. The molecule has 7 heteroatoms. The molecule has 4 rings (SSSR count). The number of nitrogens with zero attached hydrogens (tertiary/aromatic N) is 2. The lowest BCUT2D eigenvalue weighted by atomic mass is 9.89. The number of aromatic carboxylic acids is 1. The van der Waals surface area contributed by atoms with Crippen molar-refractivity contribution in [3.8, 4) is 5.69 Å². The van der Waals surface area contributed by atoms with E-state index in [0.29, 0.717) is 22.1 Å². The summed E-state index contributed by atoms with van der Waals surface area (Å²) >= 11 is 6.35. The zero-order valence-electron chi connectivity index (χ0n) is 13.5. The van der Waals surface area contributed by atoms with E-state index in [4.69, 9.17) is 11.6 Å². The number of carboxylic acids is 1. The van der Waals surface area contributed by atoms with E-state index in [9.17, 15) is 14.7 Å². The van der Waals surface area contributed by atoms with Crippen LogP contribution in [0, 0.1) is 0 Å². The molecule has 0 fully saturated rings. The summed E-state index contributed by atoms with van der Waals surface area (Å²) in [5.74, 6) is -1.63. The van der Waals surface area contributed by atoms with Crippen LogP contribution in [-0.2, 0) is 4.79 Å². The molecule has 0 saturated heterocycles. The molecule has 0 aliphatic carbocycles. The molecule has 130 valence electrons. The standard InChI is InChI=1S/C19H14ClN3O3/c20-14-3-1-2-4-15(14)23-10-13(19(25)26)17-18(23)12(9-16(24)22-17)11-5-7-21-8-6-11/h1-8,10,12H,9H2,(H,22,24)(H,25,26). The first kappa shape index (κ1) is 16.4. The van der Waals surface area contributed by atoms with Crippen molar-refractivity contribution in [1.29, 1.82) is 0 Å². The third kappa shape index (κ3) is 2.64. The van der Waals surface area contributed by atoms with E-state index >= 15 is 0 Å². The van der Waals surface area contributed by atoms with Crippen LogP contribution in [0.5, 0.6) is 0 Å². The van der Waals surface area contributed by atoms with Crippen molar-refractivity contribution in [2.75, 3.05) is 5.32 Å². The van der Waals surface area contributed by atoms with Crippen LogP contribution in [0.1, 0.15) is 34.0 Å². The Hall–Kier alpha value is -3.12. The molecule has 1 aliphatic heterocycles. The van der Waals surface area contributed by atoms with E-state index in [0.717, 1.165) is 5.56 Å². The lowest BCUT2D eigenvalue weighted by Gasteiger charge is -2.26. The fourth-order valence-electron chi connectivity index (χ4n) is 3.35. The maximum atomic E-state index is 12.2. The second kappa shape index (κ2) is 6.31. The average molecular weight is 368 g/mol. The molecule has 1 aromatic carbocycles. The van der Waals surface area contributed by atoms with Gasteiger partial charge in [-0.25, -0.2) is 4.79 Å². The number of amides is 1. The summed E-state index contributed by atoms with van der Waals surface area (Å²) in [4.78, 5) is 28.0. The number of pyridine rings is 1. The van der Waals surface area contributed by atoms with E-state index in [1.54, 1.807) is 23.0 Å². The van der Waals surface area contributed by atoms with Gasteiger partial charge in [-0.2, -0.15) is 0 Å². The van der Waals surface area contributed by atoms with Crippen molar-refractivity contribution in [2.24, 2.45) is 0 Å². The van der Waals surface area contributed by atoms with Crippen molar-refractivity contribution in [3.63, 3.8) is 0 Å². The Balaban J connectivity index is 2.01. The molecule has 2 aromatic heterocycles. The second-order valence-corrected chi connectivity index (χ2v) is 6.42. The number of fused-ring (bicyclic) bond motifs is 1. The van der Waals surface area contributed by atoms with Crippen molar-refractivity contribution < 1.29 is 14.7 Å². The Bertz CT molecular complexity index is 1010. The molecule has 26 heavy (non-hydrogen) atoms. The van der Waals surface area contributed by atoms with Gasteiger partial charge in [0.1, 0.15) is 5.56 Å². The van der Waals surface area contributed by atoms with E-state index in [1.165, 1.54) is 6.20 Å². The normalized spacial score (nSPS) is 16.0. The van der Waals surface area contributed by atoms with Crippen molar-refractivity contribution in [3.05, 3.63) is 76.8 Å². The number of benzene rings is 1. The van der Waals surface area contributed by atoms with E-state index < -0.39 is 5.97 Å². The van der Waals surface area contributed by atoms with Gasteiger partial charge in [0.05, 0.1) is 22.1 Å². The van der Waals surface area contributed by atoms with Crippen LogP contribution in [0.2, 0.25) is 5.02 Å². The molecular formula is C19H14ClN3O3. The number of hydrogen-bond acceptors (Lipinski definition) is 3. The van der Waals surface area contributed by atoms with Crippen molar-refractivity contribution >= 4 is 29.2 Å².